The molecule has 0 amide bonds. The molecular weight excluding hydrogens is 410 g/mol. The maximum atomic E-state index is 12.8. The first-order chi connectivity index (χ1) is 13.2. The van der Waals surface area contributed by atoms with Crippen molar-refractivity contribution < 1.29 is 13.6 Å². The van der Waals surface area contributed by atoms with Gasteiger partial charge < -0.3 is 13.6 Å². The van der Waals surface area contributed by atoms with Crippen LogP contribution in [0.15, 0.2) is 48.4 Å². The first kappa shape index (κ1) is 15.7. The summed E-state index contributed by atoms with van der Waals surface area (Å²) in [5.74, 6) is 1.60. The highest BCUT2D eigenvalue weighted by Gasteiger charge is 2.29. The number of ether oxygens (including phenoxy) is 1. The third kappa shape index (κ3) is 2.43. The summed E-state index contributed by atoms with van der Waals surface area (Å²) < 4.78 is 18.6. The Morgan fingerprint density at radius 3 is 2.78 bits per heavy atom. The van der Waals surface area contributed by atoms with E-state index in [0.29, 0.717) is 28.9 Å². The third-order valence-corrected chi connectivity index (χ3v) is 6.00. The van der Waals surface area contributed by atoms with Gasteiger partial charge in [-0.25, -0.2) is 4.79 Å². The summed E-state index contributed by atoms with van der Waals surface area (Å²) in [6.07, 6.45) is 2.60. The van der Waals surface area contributed by atoms with Crippen molar-refractivity contribution in [3.8, 4) is 5.75 Å². The molecule has 0 N–H and O–H groups in total. The van der Waals surface area contributed by atoms with Gasteiger partial charge in [0.05, 0.1) is 5.39 Å². The number of halogens is 1. The number of benzene rings is 2. The Kier molecular flexibility index (Phi) is 3.26. The van der Waals surface area contributed by atoms with Gasteiger partial charge in [-0.1, -0.05) is 15.9 Å². The predicted octanol–water partition coefficient (Wildman–Crippen LogP) is 5.02. The minimum absolute atomic E-state index is 0.369. The summed E-state index contributed by atoms with van der Waals surface area (Å²) in [5, 5.41) is 2.11. The summed E-state index contributed by atoms with van der Waals surface area (Å²) in [6, 6.07) is 9.38. The molecule has 0 unspecified atom stereocenters. The Balaban J connectivity index is 1.65. The summed E-state index contributed by atoms with van der Waals surface area (Å²) >= 11 is 3.49. The van der Waals surface area contributed by atoms with Crippen LogP contribution in [0.4, 0.5) is 0 Å². The normalized spacial score (nSPS) is 17.5. The van der Waals surface area contributed by atoms with Crippen LogP contribution in [-0.4, -0.2) is 18.2 Å². The van der Waals surface area contributed by atoms with Crippen molar-refractivity contribution in [1.29, 1.82) is 0 Å². The van der Waals surface area contributed by atoms with E-state index in [-0.39, 0.29) is 5.63 Å². The molecule has 0 bridgehead atoms. The molecule has 5 nitrogen and oxygen atoms in total. The standard InChI is InChI=1S/C21H16BrNO4/c22-12-3-4-16-13(7-12)20-19(21(24)27-16)18-14-9-23(8-11-1-2-11)10-25-15(14)5-6-17(18)26-20/h3-7,11H,1-2,8-10H2. The van der Waals surface area contributed by atoms with Crippen LogP contribution in [0.1, 0.15) is 18.4 Å². The van der Waals surface area contributed by atoms with Gasteiger partial charge in [-0.2, -0.15) is 0 Å². The van der Waals surface area contributed by atoms with Gasteiger partial charge in [-0.3, -0.25) is 4.90 Å². The Morgan fingerprint density at radius 1 is 1.07 bits per heavy atom. The van der Waals surface area contributed by atoms with Crippen molar-refractivity contribution in [3.05, 3.63) is 50.8 Å². The van der Waals surface area contributed by atoms with Gasteiger partial charge in [-0.15, -0.1) is 0 Å². The van der Waals surface area contributed by atoms with E-state index in [1.165, 1.54) is 12.8 Å². The summed E-state index contributed by atoms with van der Waals surface area (Å²) in [4.78, 5) is 15.1. The highest BCUT2D eigenvalue weighted by atomic mass is 79.9. The zero-order valence-corrected chi connectivity index (χ0v) is 16.0. The topological polar surface area (TPSA) is 55.8 Å². The van der Waals surface area contributed by atoms with Crippen LogP contribution in [0.2, 0.25) is 0 Å². The molecule has 0 spiro atoms. The average molecular weight is 426 g/mol. The van der Waals surface area contributed by atoms with Crippen molar-refractivity contribution in [1.82, 2.24) is 4.90 Å². The highest BCUT2D eigenvalue weighted by molar-refractivity contribution is 9.10. The molecule has 1 aliphatic carbocycles. The largest absolute Gasteiger partial charge is 0.478 e. The maximum Gasteiger partial charge on any atom is 0.348 e. The maximum absolute atomic E-state index is 12.8. The first-order valence-corrected chi connectivity index (χ1v) is 9.92. The second-order valence-corrected chi connectivity index (χ2v) is 8.40. The number of rotatable bonds is 2. The zero-order valence-electron chi connectivity index (χ0n) is 14.5. The number of furan rings is 1. The van der Waals surface area contributed by atoms with Crippen LogP contribution in [0, 0.1) is 5.92 Å². The van der Waals surface area contributed by atoms with Gasteiger partial charge in [-0.05, 0) is 49.1 Å². The molecule has 1 saturated carbocycles. The molecule has 0 atom stereocenters. The Morgan fingerprint density at radius 2 is 1.93 bits per heavy atom. The molecule has 27 heavy (non-hydrogen) atoms. The van der Waals surface area contributed by atoms with Gasteiger partial charge in [0.2, 0.25) is 0 Å². The minimum Gasteiger partial charge on any atom is -0.478 e. The third-order valence-electron chi connectivity index (χ3n) is 5.51. The quantitative estimate of drug-likeness (QED) is 0.422. The van der Waals surface area contributed by atoms with Gasteiger partial charge in [0, 0.05) is 28.5 Å². The second kappa shape index (κ2) is 5.59. The summed E-state index contributed by atoms with van der Waals surface area (Å²) in [6.45, 7) is 2.39. The fourth-order valence-electron chi connectivity index (χ4n) is 4.05. The number of hydrogen-bond donors (Lipinski definition) is 0. The van der Waals surface area contributed by atoms with E-state index in [1.54, 1.807) is 6.07 Å². The molecule has 2 aromatic heterocycles. The number of fused-ring (bicyclic) bond motifs is 7. The SMILES string of the molecule is O=c1oc2ccc(Br)cc2c2oc3ccc4c(c3c12)CN(CC1CC1)CO4. The molecule has 0 radical (unpaired) electrons. The van der Waals surface area contributed by atoms with E-state index in [2.05, 4.69) is 20.8 Å². The molecule has 2 aromatic carbocycles. The van der Waals surface area contributed by atoms with E-state index in [1.807, 2.05) is 24.3 Å². The van der Waals surface area contributed by atoms with Crippen LogP contribution in [0.5, 0.6) is 5.75 Å². The lowest BCUT2D eigenvalue weighted by Crippen LogP contribution is -2.33. The van der Waals surface area contributed by atoms with Gasteiger partial charge in [0.25, 0.3) is 0 Å². The molecule has 136 valence electrons. The van der Waals surface area contributed by atoms with Gasteiger partial charge in [0.1, 0.15) is 29.0 Å². The molecule has 6 heteroatoms. The Bertz CT molecular complexity index is 1280. The van der Waals surface area contributed by atoms with Crippen LogP contribution in [0.3, 0.4) is 0 Å². The van der Waals surface area contributed by atoms with E-state index in [0.717, 1.165) is 45.6 Å². The van der Waals surface area contributed by atoms with Gasteiger partial charge in [0.15, 0.2) is 5.58 Å². The van der Waals surface area contributed by atoms with E-state index in [4.69, 9.17) is 13.6 Å². The van der Waals surface area contributed by atoms with Crippen molar-refractivity contribution in [3.63, 3.8) is 0 Å². The van der Waals surface area contributed by atoms with Gasteiger partial charge >= 0.3 is 5.63 Å². The van der Waals surface area contributed by atoms with Crippen molar-refractivity contribution in [2.24, 2.45) is 5.92 Å². The van der Waals surface area contributed by atoms with Crippen LogP contribution >= 0.6 is 15.9 Å². The van der Waals surface area contributed by atoms with Crippen molar-refractivity contribution in [2.45, 2.75) is 19.4 Å². The summed E-state index contributed by atoms with van der Waals surface area (Å²) in [7, 11) is 0. The van der Waals surface area contributed by atoms with Crippen molar-refractivity contribution >= 4 is 48.8 Å². The lowest BCUT2D eigenvalue weighted by Gasteiger charge is -2.29. The molecule has 1 aliphatic heterocycles. The average Bonchev–Trinajstić information content (AvgIpc) is 3.38. The second-order valence-electron chi connectivity index (χ2n) is 7.48. The minimum atomic E-state index is -0.369. The molecule has 1 fully saturated rings. The summed E-state index contributed by atoms with van der Waals surface area (Å²) in [5.41, 5.74) is 2.44. The smallest absolute Gasteiger partial charge is 0.348 e. The van der Waals surface area contributed by atoms with Crippen LogP contribution in [-0.2, 0) is 6.54 Å². The van der Waals surface area contributed by atoms with E-state index < -0.39 is 0 Å². The lowest BCUT2D eigenvalue weighted by atomic mass is 10.0. The monoisotopic (exact) mass is 425 g/mol. The fraction of sp³-hybridized carbons (Fsp3) is 0.286. The highest BCUT2D eigenvalue weighted by Crippen LogP contribution is 2.40. The first-order valence-electron chi connectivity index (χ1n) is 9.13. The van der Waals surface area contributed by atoms with Crippen LogP contribution in [0.25, 0.3) is 32.9 Å². The van der Waals surface area contributed by atoms with Crippen LogP contribution < -0.4 is 10.4 Å². The number of hydrogen-bond acceptors (Lipinski definition) is 5. The molecule has 4 aromatic rings. The molecule has 6 rings (SSSR count). The molecule has 2 aliphatic rings. The Labute approximate surface area is 162 Å². The molecule has 3 heterocycles. The number of nitrogens with zero attached hydrogens (tertiary/aromatic N) is 1. The van der Waals surface area contributed by atoms with E-state index >= 15 is 0 Å². The predicted molar refractivity (Wildman–Crippen MR) is 106 cm³/mol. The lowest BCUT2D eigenvalue weighted by molar-refractivity contribution is 0.0919. The molecule has 0 saturated heterocycles. The molecular formula is C21H16BrNO4. The zero-order chi connectivity index (χ0) is 18.1. The fourth-order valence-corrected chi connectivity index (χ4v) is 4.41. The Hall–Kier alpha value is -2.31. The van der Waals surface area contributed by atoms with Crippen molar-refractivity contribution in [2.75, 3.05) is 13.3 Å². The van der Waals surface area contributed by atoms with E-state index in [9.17, 15) is 4.79 Å².